The van der Waals surface area contributed by atoms with Crippen LogP contribution in [0.4, 0.5) is 0 Å². The van der Waals surface area contributed by atoms with Gasteiger partial charge in [-0.1, -0.05) is 48.5 Å². The van der Waals surface area contributed by atoms with Crippen LogP contribution in [0.5, 0.6) is 0 Å². The van der Waals surface area contributed by atoms with Gasteiger partial charge in [0.2, 0.25) is 0 Å². The first kappa shape index (κ1) is 17.4. The number of carbonyl (C=O) groups excluding carboxylic acids is 1. The SMILES string of the molecule is O=C(NCc1nncn1-c1ccccc1)c1ccc(-c2ccccc2)[nH]c1=O. The molecule has 0 aliphatic heterocycles. The zero-order valence-electron chi connectivity index (χ0n) is 14.9. The third kappa shape index (κ3) is 3.59. The Morgan fingerprint density at radius 3 is 2.39 bits per heavy atom. The molecule has 28 heavy (non-hydrogen) atoms. The molecule has 0 bridgehead atoms. The maximum Gasteiger partial charge on any atom is 0.261 e. The lowest BCUT2D eigenvalue weighted by molar-refractivity contribution is 0.0948. The maximum atomic E-state index is 12.5. The number of H-pyrrole nitrogens is 1. The molecular weight excluding hydrogens is 354 g/mol. The smallest absolute Gasteiger partial charge is 0.261 e. The van der Waals surface area contributed by atoms with Crippen molar-refractivity contribution in [2.75, 3.05) is 0 Å². The number of pyridine rings is 1. The van der Waals surface area contributed by atoms with Gasteiger partial charge in [-0.2, -0.15) is 0 Å². The van der Waals surface area contributed by atoms with Gasteiger partial charge in [-0.05, 0) is 29.8 Å². The standard InChI is InChI=1S/C21H17N5O2/c27-20(17-11-12-18(24-21(17)28)15-7-3-1-4-8-15)22-13-19-25-23-14-26(19)16-9-5-2-6-10-16/h1-12,14H,13H2,(H,22,27)(H,24,28). The zero-order valence-corrected chi connectivity index (χ0v) is 14.9. The summed E-state index contributed by atoms with van der Waals surface area (Å²) in [7, 11) is 0. The van der Waals surface area contributed by atoms with Gasteiger partial charge < -0.3 is 10.3 Å². The quantitative estimate of drug-likeness (QED) is 0.564. The average Bonchev–Trinajstić information content (AvgIpc) is 3.22. The van der Waals surface area contributed by atoms with E-state index in [0.29, 0.717) is 11.5 Å². The predicted molar refractivity (Wildman–Crippen MR) is 105 cm³/mol. The van der Waals surface area contributed by atoms with E-state index >= 15 is 0 Å². The van der Waals surface area contributed by atoms with Gasteiger partial charge in [0.25, 0.3) is 11.5 Å². The summed E-state index contributed by atoms with van der Waals surface area (Å²) in [6, 6.07) is 22.3. The second-order valence-corrected chi connectivity index (χ2v) is 6.12. The first-order valence-corrected chi connectivity index (χ1v) is 8.73. The summed E-state index contributed by atoms with van der Waals surface area (Å²) in [5.41, 5.74) is 2.03. The topological polar surface area (TPSA) is 92.7 Å². The number of hydrogen-bond donors (Lipinski definition) is 2. The van der Waals surface area contributed by atoms with Crippen molar-refractivity contribution in [2.45, 2.75) is 6.54 Å². The number of nitrogens with one attached hydrogen (secondary N) is 2. The Hall–Kier alpha value is -4.00. The number of aromatic amines is 1. The molecule has 2 aromatic carbocycles. The lowest BCUT2D eigenvalue weighted by Crippen LogP contribution is -2.30. The summed E-state index contributed by atoms with van der Waals surface area (Å²) in [5.74, 6) is 0.0976. The van der Waals surface area contributed by atoms with Crippen molar-refractivity contribution in [3.63, 3.8) is 0 Å². The van der Waals surface area contributed by atoms with Crippen LogP contribution >= 0.6 is 0 Å². The molecule has 2 N–H and O–H groups in total. The van der Waals surface area contributed by atoms with Crippen LogP contribution in [0.25, 0.3) is 16.9 Å². The minimum Gasteiger partial charge on any atom is -0.345 e. The van der Waals surface area contributed by atoms with Gasteiger partial charge in [0.15, 0.2) is 5.82 Å². The molecule has 0 saturated heterocycles. The van der Waals surface area contributed by atoms with Gasteiger partial charge in [0.1, 0.15) is 11.9 Å². The van der Waals surface area contributed by atoms with Crippen LogP contribution in [0.3, 0.4) is 0 Å². The Morgan fingerprint density at radius 2 is 1.68 bits per heavy atom. The Bertz CT molecular complexity index is 1150. The number of rotatable bonds is 5. The van der Waals surface area contributed by atoms with E-state index in [1.54, 1.807) is 17.0 Å². The van der Waals surface area contributed by atoms with Gasteiger partial charge in [-0.3, -0.25) is 14.2 Å². The maximum absolute atomic E-state index is 12.5. The van der Waals surface area contributed by atoms with Crippen molar-refractivity contribution < 1.29 is 4.79 Å². The highest BCUT2D eigenvalue weighted by atomic mass is 16.2. The summed E-state index contributed by atoms with van der Waals surface area (Å²) < 4.78 is 1.78. The number of carbonyl (C=O) groups is 1. The lowest BCUT2D eigenvalue weighted by atomic mass is 10.1. The monoisotopic (exact) mass is 371 g/mol. The van der Waals surface area contributed by atoms with Gasteiger partial charge in [0, 0.05) is 11.4 Å². The van der Waals surface area contributed by atoms with E-state index in [0.717, 1.165) is 11.3 Å². The van der Waals surface area contributed by atoms with Crippen molar-refractivity contribution in [1.82, 2.24) is 25.1 Å². The minimum absolute atomic E-state index is 0.0467. The summed E-state index contributed by atoms with van der Waals surface area (Å²) in [6.07, 6.45) is 1.58. The summed E-state index contributed by atoms with van der Waals surface area (Å²) >= 11 is 0. The highest BCUT2D eigenvalue weighted by Gasteiger charge is 2.13. The fraction of sp³-hybridized carbons (Fsp3) is 0.0476. The van der Waals surface area contributed by atoms with Crippen LogP contribution in [0.1, 0.15) is 16.2 Å². The van der Waals surface area contributed by atoms with Crippen LogP contribution in [0.2, 0.25) is 0 Å². The molecule has 0 aliphatic rings. The molecule has 7 nitrogen and oxygen atoms in total. The summed E-state index contributed by atoms with van der Waals surface area (Å²) in [6.45, 7) is 0.146. The highest BCUT2D eigenvalue weighted by Crippen LogP contribution is 2.14. The highest BCUT2D eigenvalue weighted by molar-refractivity contribution is 5.94. The number of hydrogen-bond acceptors (Lipinski definition) is 4. The lowest BCUT2D eigenvalue weighted by Gasteiger charge is -2.08. The van der Waals surface area contributed by atoms with Gasteiger partial charge >= 0.3 is 0 Å². The molecule has 4 aromatic rings. The van der Waals surface area contributed by atoms with E-state index in [-0.39, 0.29) is 12.1 Å². The Labute approximate surface area is 160 Å². The second-order valence-electron chi connectivity index (χ2n) is 6.12. The molecule has 1 amide bonds. The number of amides is 1. The Morgan fingerprint density at radius 1 is 0.964 bits per heavy atom. The van der Waals surface area contributed by atoms with Gasteiger partial charge in [0.05, 0.1) is 6.54 Å². The molecular formula is C21H17N5O2. The molecule has 0 spiro atoms. The molecule has 138 valence electrons. The van der Waals surface area contributed by atoms with Crippen molar-refractivity contribution in [1.29, 1.82) is 0 Å². The molecule has 2 aromatic heterocycles. The summed E-state index contributed by atoms with van der Waals surface area (Å²) in [5, 5.41) is 10.7. The third-order valence-electron chi connectivity index (χ3n) is 4.30. The van der Waals surface area contributed by atoms with Gasteiger partial charge in [-0.25, -0.2) is 0 Å². The van der Waals surface area contributed by atoms with Gasteiger partial charge in [-0.15, -0.1) is 10.2 Å². The molecule has 0 radical (unpaired) electrons. The predicted octanol–water partition coefficient (Wildman–Crippen LogP) is 2.55. The molecule has 0 fully saturated rings. The fourth-order valence-corrected chi connectivity index (χ4v) is 2.88. The van der Waals surface area contributed by atoms with E-state index in [2.05, 4.69) is 20.5 Å². The van der Waals surface area contributed by atoms with E-state index < -0.39 is 11.5 Å². The first-order chi connectivity index (χ1) is 13.7. The van der Waals surface area contributed by atoms with Crippen molar-refractivity contribution >= 4 is 5.91 Å². The van der Waals surface area contributed by atoms with E-state index in [1.165, 1.54) is 6.07 Å². The third-order valence-corrected chi connectivity index (χ3v) is 4.30. The average molecular weight is 371 g/mol. The molecule has 4 rings (SSSR count). The van der Waals surface area contributed by atoms with E-state index in [4.69, 9.17) is 0 Å². The Balaban J connectivity index is 1.50. The number of aromatic nitrogens is 4. The van der Waals surface area contributed by atoms with E-state index in [1.807, 2.05) is 60.7 Å². The van der Waals surface area contributed by atoms with Crippen LogP contribution in [0, 0.1) is 0 Å². The largest absolute Gasteiger partial charge is 0.345 e. The van der Waals surface area contributed by atoms with Crippen LogP contribution in [-0.4, -0.2) is 25.7 Å². The number of nitrogens with zero attached hydrogens (tertiary/aromatic N) is 3. The van der Waals surface area contributed by atoms with Crippen molar-refractivity contribution in [3.8, 4) is 16.9 Å². The van der Waals surface area contributed by atoms with Crippen LogP contribution in [-0.2, 0) is 6.54 Å². The second kappa shape index (κ2) is 7.71. The first-order valence-electron chi connectivity index (χ1n) is 8.73. The normalized spacial score (nSPS) is 10.6. The number of para-hydroxylation sites is 1. The Kier molecular flexibility index (Phi) is 4.79. The fourth-order valence-electron chi connectivity index (χ4n) is 2.88. The molecule has 2 heterocycles. The van der Waals surface area contributed by atoms with Crippen LogP contribution in [0.15, 0.2) is 83.9 Å². The molecule has 0 unspecified atom stereocenters. The van der Waals surface area contributed by atoms with Crippen LogP contribution < -0.4 is 10.9 Å². The molecule has 0 aliphatic carbocycles. The van der Waals surface area contributed by atoms with Crippen molar-refractivity contribution in [3.05, 3.63) is 101 Å². The molecule has 0 atom stereocenters. The summed E-state index contributed by atoms with van der Waals surface area (Å²) in [4.78, 5) is 27.6. The van der Waals surface area contributed by atoms with E-state index in [9.17, 15) is 9.59 Å². The molecule has 7 heteroatoms. The molecule has 0 saturated carbocycles. The number of benzene rings is 2. The van der Waals surface area contributed by atoms with Crippen molar-refractivity contribution in [2.24, 2.45) is 0 Å². The zero-order chi connectivity index (χ0) is 19.3. The minimum atomic E-state index is -0.469.